The van der Waals surface area contributed by atoms with Gasteiger partial charge in [-0.1, -0.05) is 13.8 Å². The first kappa shape index (κ1) is 12.3. The SMILES string of the molecule is CNC1CCC(C(C)C)CC1OC1COC1. The molecule has 1 saturated carbocycles. The van der Waals surface area contributed by atoms with Gasteiger partial charge >= 0.3 is 0 Å². The lowest BCUT2D eigenvalue weighted by atomic mass is 9.78. The predicted octanol–water partition coefficient (Wildman–Crippen LogP) is 1.81. The van der Waals surface area contributed by atoms with Gasteiger partial charge in [0.05, 0.1) is 19.3 Å². The molecule has 1 N–H and O–H groups in total. The highest BCUT2D eigenvalue weighted by atomic mass is 16.6. The van der Waals surface area contributed by atoms with Crippen LogP contribution in [0.15, 0.2) is 0 Å². The minimum atomic E-state index is 0.353. The fourth-order valence-corrected chi connectivity index (χ4v) is 2.79. The summed E-state index contributed by atoms with van der Waals surface area (Å²) in [7, 11) is 2.05. The number of nitrogens with one attached hydrogen (secondary N) is 1. The molecule has 16 heavy (non-hydrogen) atoms. The summed E-state index contributed by atoms with van der Waals surface area (Å²) in [4.78, 5) is 0. The quantitative estimate of drug-likeness (QED) is 0.794. The van der Waals surface area contributed by atoms with Crippen LogP contribution in [0.25, 0.3) is 0 Å². The standard InChI is InChI=1S/C13H25NO2/c1-9(2)10-4-5-12(14-3)13(6-10)16-11-7-15-8-11/h9-14H,4-8H2,1-3H3. The van der Waals surface area contributed by atoms with Crippen molar-refractivity contribution in [3.05, 3.63) is 0 Å². The second-order valence-corrected chi connectivity index (χ2v) is 5.55. The van der Waals surface area contributed by atoms with E-state index in [4.69, 9.17) is 9.47 Å². The monoisotopic (exact) mass is 227 g/mol. The minimum absolute atomic E-state index is 0.353. The van der Waals surface area contributed by atoms with Gasteiger partial charge in [0.2, 0.25) is 0 Å². The van der Waals surface area contributed by atoms with E-state index in [9.17, 15) is 0 Å². The average molecular weight is 227 g/mol. The maximum absolute atomic E-state index is 6.12. The van der Waals surface area contributed by atoms with E-state index >= 15 is 0 Å². The molecular weight excluding hydrogens is 202 g/mol. The summed E-state index contributed by atoms with van der Waals surface area (Å²) in [5, 5.41) is 3.40. The van der Waals surface area contributed by atoms with Gasteiger partial charge in [0.15, 0.2) is 0 Å². The summed E-state index contributed by atoms with van der Waals surface area (Å²) < 4.78 is 11.3. The molecule has 2 rings (SSSR count). The van der Waals surface area contributed by atoms with Crippen molar-refractivity contribution < 1.29 is 9.47 Å². The van der Waals surface area contributed by atoms with E-state index in [1.807, 2.05) is 7.05 Å². The first-order valence-electron chi connectivity index (χ1n) is 6.61. The highest BCUT2D eigenvalue weighted by Gasteiger charge is 2.34. The molecule has 1 aliphatic heterocycles. The molecule has 94 valence electrons. The molecule has 0 aromatic heterocycles. The summed E-state index contributed by atoms with van der Waals surface area (Å²) in [5.74, 6) is 1.61. The van der Waals surface area contributed by atoms with Gasteiger partial charge in [-0.3, -0.25) is 0 Å². The molecule has 0 aromatic rings. The third-order valence-electron chi connectivity index (χ3n) is 4.12. The molecule has 2 aliphatic rings. The molecule has 0 amide bonds. The second-order valence-electron chi connectivity index (χ2n) is 5.55. The molecule has 3 heteroatoms. The fourth-order valence-electron chi connectivity index (χ4n) is 2.79. The number of hydrogen-bond donors (Lipinski definition) is 1. The molecule has 3 unspecified atom stereocenters. The van der Waals surface area contributed by atoms with E-state index in [-0.39, 0.29) is 0 Å². The maximum Gasteiger partial charge on any atom is 0.105 e. The van der Waals surface area contributed by atoms with E-state index in [0.29, 0.717) is 18.2 Å². The molecule has 1 aliphatic carbocycles. The fraction of sp³-hybridized carbons (Fsp3) is 1.00. The largest absolute Gasteiger partial charge is 0.376 e. The Kier molecular flexibility index (Phi) is 4.22. The number of ether oxygens (including phenoxy) is 2. The maximum atomic E-state index is 6.12. The smallest absolute Gasteiger partial charge is 0.105 e. The van der Waals surface area contributed by atoms with Crippen molar-refractivity contribution in [3.63, 3.8) is 0 Å². The Labute approximate surface area is 98.9 Å². The minimum Gasteiger partial charge on any atom is -0.376 e. The summed E-state index contributed by atoms with van der Waals surface area (Å²) in [6.07, 6.45) is 4.54. The van der Waals surface area contributed by atoms with Crippen molar-refractivity contribution in [1.82, 2.24) is 5.32 Å². The van der Waals surface area contributed by atoms with Crippen LogP contribution in [0.3, 0.4) is 0 Å². The van der Waals surface area contributed by atoms with Crippen molar-refractivity contribution in [2.45, 2.75) is 51.4 Å². The Balaban J connectivity index is 1.88. The molecule has 3 nitrogen and oxygen atoms in total. The van der Waals surface area contributed by atoms with Gasteiger partial charge in [-0.25, -0.2) is 0 Å². The Morgan fingerprint density at radius 2 is 2.00 bits per heavy atom. The van der Waals surface area contributed by atoms with Gasteiger partial charge < -0.3 is 14.8 Å². The average Bonchev–Trinajstić information content (AvgIpc) is 2.23. The molecule has 0 radical (unpaired) electrons. The van der Waals surface area contributed by atoms with E-state index in [1.165, 1.54) is 19.3 Å². The summed E-state index contributed by atoms with van der Waals surface area (Å²) in [6, 6.07) is 0.538. The second kappa shape index (κ2) is 5.48. The van der Waals surface area contributed by atoms with Crippen molar-refractivity contribution in [3.8, 4) is 0 Å². The summed E-state index contributed by atoms with van der Waals surface area (Å²) in [6.45, 7) is 6.24. The molecule has 2 fully saturated rings. The van der Waals surface area contributed by atoms with E-state index in [1.54, 1.807) is 0 Å². The van der Waals surface area contributed by atoms with Gasteiger partial charge in [-0.05, 0) is 38.1 Å². The third-order valence-corrected chi connectivity index (χ3v) is 4.12. The van der Waals surface area contributed by atoms with Crippen LogP contribution in [-0.4, -0.2) is 38.5 Å². The van der Waals surface area contributed by atoms with E-state index in [0.717, 1.165) is 25.0 Å². The summed E-state index contributed by atoms with van der Waals surface area (Å²) in [5.41, 5.74) is 0. The summed E-state index contributed by atoms with van der Waals surface area (Å²) >= 11 is 0. The highest BCUT2D eigenvalue weighted by molar-refractivity contribution is 4.87. The van der Waals surface area contributed by atoms with Gasteiger partial charge in [-0.2, -0.15) is 0 Å². The first-order valence-corrected chi connectivity index (χ1v) is 6.61. The van der Waals surface area contributed by atoms with Crippen LogP contribution in [0.2, 0.25) is 0 Å². The van der Waals surface area contributed by atoms with Gasteiger partial charge in [-0.15, -0.1) is 0 Å². The Morgan fingerprint density at radius 3 is 2.50 bits per heavy atom. The van der Waals surface area contributed by atoms with Crippen molar-refractivity contribution in [2.24, 2.45) is 11.8 Å². The molecule has 1 heterocycles. The zero-order valence-electron chi connectivity index (χ0n) is 10.7. The molecule has 3 atom stereocenters. The lowest BCUT2D eigenvalue weighted by Gasteiger charge is -2.40. The molecule has 0 aromatic carbocycles. The van der Waals surface area contributed by atoms with Crippen LogP contribution >= 0.6 is 0 Å². The van der Waals surface area contributed by atoms with Gasteiger partial charge in [0.1, 0.15) is 6.10 Å². The van der Waals surface area contributed by atoms with E-state index in [2.05, 4.69) is 19.2 Å². The van der Waals surface area contributed by atoms with Crippen LogP contribution in [0.1, 0.15) is 33.1 Å². The lowest BCUT2D eigenvalue weighted by molar-refractivity contribution is -0.169. The van der Waals surface area contributed by atoms with Crippen LogP contribution in [0, 0.1) is 11.8 Å². The predicted molar refractivity (Wildman–Crippen MR) is 64.5 cm³/mol. The lowest BCUT2D eigenvalue weighted by Crippen LogP contribution is -2.49. The Morgan fingerprint density at radius 1 is 1.25 bits per heavy atom. The zero-order chi connectivity index (χ0) is 11.5. The molecule has 0 spiro atoms. The van der Waals surface area contributed by atoms with Crippen molar-refractivity contribution >= 4 is 0 Å². The third kappa shape index (κ3) is 2.76. The Bertz CT molecular complexity index is 216. The molecular formula is C13H25NO2. The van der Waals surface area contributed by atoms with Crippen molar-refractivity contribution in [1.29, 1.82) is 0 Å². The van der Waals surface area contributed by atoms with Crippen LogP contribution in [-0.2, 0) is 9.47 Å². The highest BCUT2D eigenvalue weighted by Crippen LogP contribution is 2.32. The van der Waals surface area contributed by atoms with Crippen LogP contribution < -0.4 is 5.32 Å². The zero-order valence-corrected chi connectivity index (χ0v) is 10.7. The van der Waals surface area contributed by atoms with Crippen LogP contribution in [0.4, 0.5) is 0 Å². The molecule has 0 bridgehead atoms. The van der Waals surface area contributed by atoms with Gasteiger partial charge in [0, 0.05) is 6.04 Å². The number of rotatable bonds is 4. The van der Waals surface area contributed by atoms with Crippen LogP contribution in [0.5, 0.6) is 0 Å². The Hall–Kier alpha value is -0.120. The first-order chi connectivity index (χ1) is 7.70. The normalized spacial score (nSPS) is 36.4. The van der Waals surface area contributed by atoms with Crippen molar-refractivity contribution in [2.75, 3.05) is 20.3 Å². The number of likely N-dealkylation sites (N-methyl/N-ethyl adjacent to an activating group) is 1. The van der Waals surface area contributed by atoms with E-state index < -0.39 is 0 Å². The van der Waals surface area contributed by atoms with Gasteiger partial charge in [0.25, 0.3) is 0 Å². The number of hydrogen-bond acceptors (Lipinski definition) is 3. The molecule has 1 saturated heterocycles. The topological polar surface area (TPSA) is 30.5 Å².